The Morgan fingerprint density at radius 2 is 1.53 bits per heavy atom. The van der Waals surface area contributed by atoms with Crippen molar-refractivity contribution in [2.45, 2.75) is 31.7 Å². The van der Waals surface area contributed by atoms with Gasteiger partial charge in [-0.3, -0.25) is 4.90 Å². The van der Waals surface area contributed by atoms with Gasteiger partial charge in [-0.15, -0.1) is 0 Å². The Hall–Kier alpha value is -1.93. The summed E-state index contributed by atoms with van der Waals surface area (Å²) in [6.45, 7) is 1.94. The maximum Gasteiger partial charge on any atom is 0.416 e. The predicted molar refractivity (Wildman–Crippen MR) is 104 cm³/mol. The molecule has 1 aliphatic heterocycles. The number of likely N-dealkylation sites (tertiary alicyclic amines) is 1. The minimum absolute atomic E-state index is 0.0171. The highest BCUT2D eigenvalue weighted by atomic mass is 35.5. The number of piperidine rings is 1. The number of rotatable bonds is 5. The van der Waals surface area contributed by atoms with Gasteiger partial charge in [0.1, 0.15) is 0 Å². The quantitative estimate of drug-likeness (QED) is 0.510. The second-order valence-electron chi connectivity index (χ2n) is 7.55. The second kappa shape index (κ2) is 9.06. The lowest BCUT2D eigenvalue weighted by Gasteiger charge is -2.33. The predicted octanol–water partition coefficient (Wildman–Crippen LogP) is 6.70. The molecule has 0 radical (unpaired) electrons. The van der Waals surface area contributed by atoms with Crippen molar-refractivity contribution in [1.82, 2.24) is 4.90 Å². The van der Waals surface area contributed by atoms with E-state index in [1.807, 2.05) is 17.0 Å². The third kappa shape index (κ3) is 6.28. The summed E-state index contributed by atoms with van der Waals surface area (Å²) in [5.41, 5.74) is -1.62. The fraction of sp³-hybridized carbons (Fsp3) is 0.429. The van der Waals surface area contributed by atoms with E-state index in [0.29, 0.717) is 24.7 Å². The van der Waals surface area contributed by atoms with Crippen LogP contribution in [0.25, 0.3) is 0 Å². The number of hydrogen-bond donors (Lipinski definition) is 1. The van der Waals surface area contributed by atoms with E-state index in [9.17, 15) is 26.3 Å². The average molecular weight is 451 g/mol. The van der Waals surface area contributed by atoms with Crippen LogP contribution in [-0.2, 0) is 18.9 Å². The number of nitrogens with zero attached hydrogens (tertiary/aromatic N) is 1. The SMILES string of the molecule is FC(F)(F)c1cc(CN2CCCC(CNc3ccc(Cl)cc3)C2)cc(C(F)(F)F)c1. The van der Waals surface area contributed by atoms with Gasteiger partial charge in [-0.25, -0.2) is 0 Å². The normalized spacial score (nSPS) is 18.4. The molecule has 2 aromatic carbocycles. The molecule has 0 bridgehead atoms. The first-order valence-corrected chi connectivity index (χ1v) is 9.88. The number of alkyl halides is 6. The maximum absolute atomic E-state index is 13.1. The Morgan fingerprint density at radius 3 is 2.10 bits per heavy atom. The molecule has 0 aromatic heterocycles. The van der Waals surface area contributed by atoms with Gasteiger partial charge in [-0.2, -0.15) is 26.3 Å². The van der Waals surface area contributed by atoms with E-state index >= 15 is 0 Å². The molecule has 1 saturated heterocycles. The number of nitrogens with one attached hydrogen (secondary N) is 1. The van der Waals surface area contributed by atoms with Crippen LogP contribution in [0.2, 0.25) is 5.02 Å². The zero-order valence-electron chi connectivity index (χ0n) is 16.0. The first-order chi connectivity index (χ1) is 14.0. The minimum atomic E-state index is -4.83. The van der Waals surface area contributed by atoms with Crippen LogP contribution in [0.4, 0.5) is 32.0 Å². The van der Waals surface area contributed by atoms with Gasteiger partial charge in [0.25, 0.3) is 0 Å². The van der Waals surface area contributed by atoms with Gasteiger partial charge in [0.15, 0.2) is 0 Å². The molecule has 0 saturated carbocycles. The summed E-state index contributed by atoms with van der Waals surface area (Å²) in [6, 6.07) is 9.02. The largest absolute Gasteiger partial charge is 0.416 e. The standard InChI is InChI=1S/C21H21ClF6N2/c22-18-3-5-19(6-4-18)29-11-14-2-1-7-30(12-14)13-15-8-16(20(23,24)25)10-17(9-15)21(26,27)28/h3-6,8-10,14,29H,1-2,7,11-13H2. The van der Waals surface area contributed by atoms with Crippen LogP contribution in [-0.4, -0.2) is 24.5 Å². The van der Waals surface area contributed by atoms with Crippen molar-refractivity contribution in [2.24, 2.45) is 5.92 Å². The highest BCUT2D eigenvalue weighted by Gasteiger charge is 2.37. The highest BCUT2D eigenvalue weighted by Crippen LogP contribution is 2.36. The van der Waals surface area contributed by atoms with Gasteiger partial charge in [0.05, 0.1) is 11.1 Å². The fourth-order valence-corrected chi connectivity index (χ4v) is 3.79. The Kier molecular flexibility index (Phi) is 6.87. The van der Waals surface area contributed by atoms with Gasteiger partial charge < -0.3 is 5.32 Å². The first kappa shape index (κ1) is 22.7. The molecule has 9 heteroatoms. The lowest BCUT2D eigenvalue weighted by atomic mass is 9.96. The molecule has 1 aliphatic rings. The molecule has 1 N–H and O–H groups in total. The molecule has 1 atom stereocenters. The Bertz CT molecular complexity index is 816. The average Bonchev–Trinajstić information content (AvgIpc) is 2.66. The summed E-state index contributed by atoms with van der Waals surface area (Å²) in [6.07, 6.45) is -7.89. The summed E-state index contributed by atoms with van der Waals surface area (Å²) in [4.78, 5) is 1.91. The summed E-state index contributed by atoms with van der Waals surface area (Å²) in [7, 11) is 0. The smallest absolute Gasteiger partial charge is 0.385 e. The number of benzene rings is 2. The van der Waals surface area contributed by atoms with Crippen molar-refractivity contribution in [3.63, 3.8) is 0 Å². The maximum atomic E-state index is 13.1. The van der Waals surface area contributed by atoms with Crippen LogP contribution in [0.1, 0.15) is 29.5 Å². The Balaban J connectivity index is 1.67. The van der Waals surface area contributed by atoms with Crippen molar-refractivity contribution in [1.29, 1.82) is 0 Å². The van der Waals surface area contributed by atoms with Crippen molar-refractivity contribution in [2.75, 3.05) is 25.0 Å². The van der Waals surface area contributed by atoms with Gasteiger partial charge >= 0.3 is 12.4 Å². The lowest BCUT2D eigenvalue weighted by molar-refractivity contribution is -0.143. The van der Waals surface area contributed by atoms with Crippen LogP contribution in [0.3, 0.4) is 0 Å². The zero-order chi connectivity index (χ0) is 21.9. The molecule has 1 fully saturated rings. The Morgan fingerprint density at radius 1 is 0.933 bits per heavy atom. The van der Waals surface area contributed by atoms with Gasteiger partial charge in [0, 0.05) is 30.3 Å². The number of anilines is 1. The molecular formula is C21H21ClF6N2. The van der Waals surface area contributed by atoms with Crippen LogP contribution in [0, 0.1) is 5.92 Å². The van der Waals surface area contributed by atoms with Crippen LogP contribution < -0.4 is 5.32 Å². The van der Waals surface area contributed by atoms with Gasteiger partial charge in [-0.05, 0) is 73.3 Å². The van der Waals surface area contributed by atoms with Crippen LogP contribution in [0.15, 0.2) is 42.5 Å². The van der Waals surface area contributed by atoms with E-state index in [2.05, 4.69) is 5.32 Å². The van der Waals surface area contributed by atoms with E-state index in [1.54, 1.807) is 12.1 Å². The topological polar surface area (TPSA) is 15.3 Å². The molecule has 3 rings (SSSR count). The fourth-order valence-electron chi connectivity index (χ4n) is 3.66. The Labute approximate surface area is 175 Å². The first-order valence-electron chi connectivity index (χ1n) is 9.51. The van der Waals surface area contributed by atoms with Crippen LogP contribution in [0.5, 0.6) is 0 Å². The summed E-state index contributed by atoms with van der Waals surface area (Å²) >= 11 is 5.86. The number of halogens is 7. The third-order valence-electron chi connectivity index (χ3n) is 5.10. The number of hydrogen-bond acceptors (Lipinski definition) is 2. The molecule has 30 heavy (non-hydrogen) atoms. The monoisotopic (exact) mass is 450 g/mol. The molecule has 2 nitrogen and oxygen atoms in total. The zero-order valence-corrected chi connectivity index (χ0v) is 16.7. The van der Waals surface area contributed by atoms with Crippen molar-refractivity contribution in [3.05, 3.63) is 64.2 Å². The van der Waals surface area contributed by atoms with Gasteiger partial charge in [-0.1, -0.05) is 11.6 Å². The summed E-state index contributed by atoms with van der Waals surface area (Å²) in [5.74, 6) is 0.238. The third-order valence-corrected chi connectivity index (χ3v) is 5.35. The highest BCUT2D eigenvalue weighted by molar-refractivity contribution is 6.30. The van der Waals surface area contributed by atoms with E-state index in [1.165, 1.54) is 0 Å². The summed E-state index contributed by atoms with van der Waals surface area (Å²) < 4.78 is 78.4. The van der Waals surface area contributed by atoms with Gasteiger partial charge in [0.2, 0.25) is 0 Å². The van der Waals surface area contributed by atoms with Crippen LogP contribution >= 0.6 is 11.6 Å². The molecule has 1 unspecified atom stereocenters. The molecule has 0 aliphatic carbocycles. The van der Waals surface area contributed by atoms with E-state index < -0.39 is 23.5 Å². The molecule has 0 spiro atoms. The van der Waals surface area contributed by atoms with E-state index in [-0.39, 0.29) is 24.1 Å². The molecule has 1 heterocycles. The molecule has 164 valence electrons. The lowest BCUT2D eigenvalue weighted by Crippen LogP contribution is -2.37. The molecule has 2 aromatic rings. The van der Waals surface area contributed by atoms with Crippen molar-refractivity contribution in [3.8, 4) is 0 Å². The summed E-state index contributed by atoms with van der Waals surface area (Å²) in [5, 5.41) is 3.93. The molecular weight excluding hydrogens is 430 g/mol. The second-order valence-corrected chi connectivity index (χ2v) is 7.98. The van der Waals surface area contributed by atoms with Crippen molar-refractivity contribution >= 4 is 17.3 Å². The van der Waals surface area contributed by atoms with E-state index in [4.69, 9.17) is 11.6 Å². The van der Waals surface area contributed by atoms with E-state index in [0.717, 1.165) is 30.7 Å². The molecule has 0 amide bonds. The van der Waals surface area contributed by atoms with Crippen molar-refractivity contribution < 1.29 is 26.3 Å². The minimum Gasteiger partial charge on any atom is -0.385 e.